The molecule has 35 heavy (non-hydrogen) atoms. The topological polar surface area (TPSA) is 60.6 Å². The number of methoxy groups -OCH3 is 1. The predicted octanol–water partition coefficient (Wildman–Crippen LogP) is 5.78. The fourth-order valence-electron chi connectivity index (χ4n) is 5.89. The van der Waals surface area contributed by atoms with Crippen molar-refractivity contribution < 1.29 is 18.4 Å². The van der Waals surface area contributed by atoms with E-state index in [0.717, 1.165) is 76.9 Å². The van der Waals surface area contributed by atoms with Gasteiger partial charge in [-0.3, -0.25) is 4.98 Å². The average molecular weight is 474 g/mol. The number of halogens is 1. The number of allylic oxidation sites excluding steroid dienone is 1. The minimum Gasteiger partial charge on any atom is -0.496 e. The van der Waals surface area contributed by atoms with E-state index in [1.165, 1.54) is 0 Å². The number of rotatable bonds is 5. The van der Waals surface area contributed by atoms with Crippen molar-refractivity contribution in [2.24, 2.45) is 5.92 Å². The van der Waals surface area contributed by atoms with Gasteiger partial charge in [-0.2, -0.15) is 0 Å². The molecule has 0 radical (unpaired) electrons. The Bertz CT molecular complexity index is 1300. The van der Waals surface area contributed by atoms with E-state index < -0.39 is 0 Å². The van der Waals surface area contributed by atoms with E-state index in [4.69, 9.17) is 19.0 Å². The van der Waals surface area contributed by atoms with Crippen LogP contribution in [0.4, 0.5) is 10.1 Å². The second-order valence-corrected chi connectivity index (χ2v) is 9.43. The van der Waals surface area contributed by atoms with Crippen LogP contribution in [0, 0.1) is 25.6 Å². The van der Waals surface area contributed by atoms with E-state index in [0.29, 0.717) is 5.92 Å². The van der Waals surface area contributed by atoms with Crippen molar-refractivity contribution in [1.82, 2.24) is 10.1 Å². The first-order chi connectivity index (χ1) is 17.1. The smallest absolute Gasteiger partial charge is 0.141 e. The third kappa shape index (κ3) is 3.57. The minimum atomic E-state index is -0.230. The summed E-state index contributed by atoms with van der Waals surface area (Å²) in [7, 11) is 1.70. The lowest BCUT2D eigenvalue weighted by atomic mass is 9.85. The van der Waals surface area contributed by atoms with E-state index in [9.17, 15) is 4.39 Å². The maximum absolute atomic E-state index is 13.9. The predicted molar refractivity (Wildman–Crippen MR) is 131 cm³/mol. The van der Waals surface area contributed by atoms with Gasteiger partial charge in [0.05, 0.1) is 36.3 Å². The van der Waals surface area contributed by atoms with Crippen LogP contribution in [0.25, 0.3) is 16.7 Å². The molecule has 6 nitrogen and oxygen atoms in total. The zero-order valence-electron chi connectivity index (χ0n) is 20.1. The first kappa shape index (κ1) is 22.0. The van der Waals surface area contributed by atoms with Gasteiger partial charge < -0.3 is 18.9 Å². The molecule has 7 heteroatoms. The van der Waals surface area contributed by atoms with Crippen LogP contribution in [0.3, 0.4) is 0 Å². The van der Waals surface area contributed by atoms with E-state index >= 15 is 0 Å². The highest BCUT2D eigenvalue weighted by molar-refractivity contribution is 5.93. The third-order valence-corrected chi connectivity index (χ3v) is 7.46. The molecule has 0 saturated carbocycles. The summed E-state index contributed by atoms with van der Waals surface area (Å²) < 4.78 is 30.8. The zero-order chi connectivity index (χ0) is 24.1. The first-order valence-corrected chi connectivity index (χ1v) is 12.1. The minimum absolute atomic E-state index is 0.00901. The summed E-state index contributed by atoms with van der Waals surface area (Å²) in [5, 5.41) is 4.15. The first-order valence-electron chi connectivity index (χ1n) is 12.1. The second-order valence-electron chi connectivity index (χ2n) is 9.43. The Morgan fingerprint density at radius 2 is 1.91 bits per heavy atom. The monoisotopic (exact) mass is 473 g/mol. The molecule has 2 atom stereocenters. The van der Waals surface area contributed by atoms with Crippen LogP contribution >= 0.6 is 0 Å². The highest BCUT2D eigenvalue weighted by Gasteiger charge is 2.45. The molecule has 1 aliphatic carbocycles. The summed E-state index contributed by atoms with van der Waals surface area (Å²) in [6.45, 7) is 5.33. The Balaban J connectivity index is 1.55. The van der Waals surface area contributed by atoms with E-state index in [1.54, 1.807) is 19.2 Å². The Morgan fingerprint density at radius 1 is 1.14 bits per heavy atom. The van der Waals surface area contributed by atoms with Crippen molar-refractivity contribution >= 4 is 11.3 Å². The van der Waals surface area contributed by atoms with Crippen LogP contribution in [0.1, 0.15) is 41.6 Å². The van der Waals surface area contributed by atoms with Crippen LogP contribution in [0.2, 0.25) is 0 Å². The number of hydrogen-bond donors (Lipinski definition) is 0. The molecule has 0 N–H and O–H groups in total. The molecule has 0 bridgehead atoms. The Labute approximate surface area is 204 Å². The van der Waals surface area contributed by atoms with Gasteiger partial charge in [0.25, 0.3) is 0 Å². The lowest BCUT2D eigenvalue weighted by Crippen LogP contribution is -2.39. The fraction of sp³-hybridized carbons (Fsp3) is 0.357. The fourth-order valence-corrected chi connectivity index (χ4v) is 5.89. The largest absolute Gasteiger partial charge is 0.496 e. The lowest BCUT2D eigenvalue weighted by Gasteiger charge is -2.41. The van der Waals surface area contributed by atoms with Crippen LogP contribution in [0.15, 0.2) is 59.0 Å². The van der Waals surface area contributed by atoms with Crippen LogP contribution in [-0.2, 0) is 9.47 Å². The molecule has 3 aromatic rings. The van der Waals surface area contributed by atoms with Crippen molar-refractivity contribution in [2.45, 2.75) is 38.8 Å². The van der Waals surface area contributed by atoms with Gasteiger partial charge in [-0.15, -0.1) is 0 Å². The van der Waals surface area contributed by atoms with Crippen molar-refractivity contribution in [3.8, 4) is 11.1 Å². The summed E-state index contributed by atoms with van der Waals surface area (Å²) in [6, 6.07) is 9.15. The van der Waals surface area contributed by atoms with Crippen LogP contribution in [0.5, 0.6) is 0 Å². The summed E-state index contributed by atoms with van der Waals surface area (Å²) in [5.74, 6) is 1.72. The van der Waals surface area contributed by atoms with E-state index in [2.05, 4.69) is 22.2 Å². The maximum atomic E-state index is 13.9. The number of aromatic nitrogens is 2. The Kier molecular flexibility index (Phi) is 5.44. The second kappa shape index (κ2) is 8.64. The molecule has 1 unspecified atom stereocenters. The van der Waals surface area contributed by atoms with Gasteiger partial charge >= 0.3 is 0 Å². The third-order valence-electron chi connectivity index (χ3n) is 7.46. The molecule has 0 amide bonds. The molecule has 6 rings (SSSR count). The normalized spacial score (nSPS) is 20.3. The summed E-state index contributed by atoms with van der Waals surface area (Å²) in [4.78, 5) is 7.40. The maximum Gasteiger partial charge on any atom is 0.141 e. The van der Waals surface area contributed by atoms with Crippen LogP contribution in [-0.4, -0.2) is 36.5 Å². The number of hydrogen-bond acceptors (Lipinski definition) is 6. The number of ether oxygens (including phenoxy) is 2. The molecular formula is C28H28FN3O3. The molecular weight excluding hydrogens is 445 g/mol. The molecule has 3 aliphatic rings. The van der Waals surface area contributed by atoms with Crippen molar-refractivity contribution in [1.29, 1.82) is 0 Å². The zero-order valence-corrected chi connectivity index (χ0v) is 20.1. The number of anilines is 1. The Morgan fingerprint density at radius 3 is 2.60 bits per heavy atom. The van der Waals surface area contributed by atoms with E-state index in [-0.39, 0.29) is 17.9 Å². The molecule has 1 fully saturated rings. The van der Waals surface area contributed by atoms with Gasteiger partial charge in [0.15, 0.2) is 0 Å². The molecule has 4 heterocycles. The Hall–Kier alpha value is -3.45. The van der Waals surface area contributed by atoms with Gasteiger partial charge in [0, 0.05) is 36.1 Å². The average Bonchev–Trinajstić information content (AvgIpc) is 3.54. The molecule has 180 valence electrons. The highest BCUT2D eigenvalue weighted by Crippen LogP contribution is 2.52. The highest BCUT2D eigenvalue weighted by atomic mass is 19.1. The summed E-state index contributed by atoms with van der Waals surface area (Å²) >= 11 is 0. The summed E-state index contributed by atoms with van der Waals surface area (Å²) in [5.41, 5.74) is 6.91. The van der Waals surface area contributed by atoms with Crippen LogP contribution < -0.4 is 4.90 Å². The quantitative estimate of drug-likeness (QED) is 0.468. The SMILES string of the molecule is COC1=C2c3ncc(-c4c(C)noc4C)cc3N([C@H](c3ccc(F)cc3)C3CCOCC3)C2C=C1. The van der Waals surface area contributed by atoms with Gasteiger partial charge in [-0.1, -0.05) is 23.4 Å². The number of benzene rings is 1. The lowest BCUT2D eigenvalue weighted by molar-refractivity contribution is 0.0572. The van der Waals surface area contributed by atoms with Gasteiger partial charge in [-0.25, -0.2) is 4.39 Å². The van der Waals surface area contributed by atoms with Gasteiger partial charge in [0.1, 0.15) is 17.3 Å². The molecule has 2 aromatic heterocycles. The standard InChI is InChI=1S/C28H28FN3O3/c1-16-25(17(2)35-31-16)20-14-23-27(30-15-20)26-22(8-9-24(26)33-3)32(23)28(19-10-12-34-13-11-19)18-4-6-21(29)7-5-18/h4-9,14-15,19,22,28H,10-13H2,1-3H3/t22?,28-/m1/s1. The van der Waals surface area contributed by atoms with Crippen molar-refractivity contribution in [3.05, 3.63) is 83.0 Å². The van der Waals surface area contributed by atoms with E-state index in [1.807, 2.05) is 38.3 Å². The van der Waals surface area contributed by atoms with Crippen molar-refractivity contribution in [2.75, 3.05) is 25.2 Å². The number of nitrogens with zero attached hydrogens (tertiary/aromatic N) is 3. The number of pyridine rings is 1. The molecule has 2 aliphatic heterocycles. The van der Waals surface area contributed by atoms with Gasteiger partial charge in [0.2, 0.25) is 0 Å². The number of fused-ring (bicyclic) bond motifs is 3. The van der Waals surface area contributed by atoms with Crippen molar-refractivity contribution in [3.63, 3.8) is 0 Å². The number of aryl methyl sites for hydroxylation is 2. The summed E-state index contributed by atoms with van der Waals surface area (Å²) in [6.07, 6.45) is 7.99. The molecule has 1 saturated heterocycles. The molecule has 0 spiro atoms. The van der Waals surface area contributed by atoms with Gasteiger partial charge in [-0.05, 0) is 62.4 Å². The molecule has 1 aromatic carbocycles.